The molecular weight excluding hydrogens is 264 g/mol. The van der Waals surface area contributed by atoms with E-state index in [4.69, 9.17) is 10.5 Å². The lowest BCUT2D eigenvalue weighted by Crippen LogP contribution is -2.35. The summed E-state index contributed by atoms with van der Waals surface area (Å²) in [4.78, 5) is 0. The lowest BCUT2D eigenvalue weighted by atomic mass is 10.0. The molecule has 6 heteroatoms. The largest absolute Gasteiger partial charge is 0.384 e. The van der Waals surface area contributed by atoms with E-state index in [0.717, 1.165) is 18.4 Å². The molecule has 106 valence electrons. The quantitative estimate of drug-likeness (QED) is 0.903. The molecule has 0 radical (unpaired) electrons. The predicted octanol–water partition coefficient (Wildman–Crippen LogP) is 1.26. The topological polar surface area (TPSA) is 72.6 Å². The molecule has 2 rings (SSSR count). The normalized spacial score (nSPS) is 19.9. The molecule has 1 aliphatic heterocycles. The van der Waals surface area contributed by atoms with Gasteiger partial charge in [-0.1, -0.05) is 18.2 Å². The number of hydrogen-bond donors (Lipinski definition) is 1. The highest BCUT2D eigenvalue weighted by molar-refractivity contribution is 7.92. The van der Waals surface area contributed by atoms with Crippen LogP contribution in [0.1, 0.15) is 24.4 Å². The van der Waals surface area contributed by atoms with Crippen molar-refractivity contribution in [3.8, 4) is 0 Å². The van der Waals surface area contributed by atoms with Gasteiger partial charge in [-0.2, -0.15) is 0 Å². The van der Waals surface area contributed by atoms with Gasteiger partial charge < -0.3 is 10.5 Å². The molecule has 0 spiro atoms. The second-order valence-corrected chi connectivity index (χ2v) is 6.70. The van der Waals surface area contributed by atoms with Gasteiger partial charge in [0.1, 0.15) is 0 Å². The average Bonchev–Trinajstić information content (AvgIpc) is 2.57. The lowest BCUT2D eigenvalue weighted by molar-refractivity contribution is 0.217. The minimum Gasteiger partial charge on any atom is -0.384 e. The number of nitrogens with two attached hydrogens (primary N) is 1. The molecule has 2 N–H and O–H groups in total. The number of rotatable bonds is 4. The van der Waals surface area contributed by atoms with Crippen LogP contribution in [0.25, 0.3) is 0 Å². The fraction of sp³-hybridized carbons (Fsp3) is 0.538. The smallest absolute Gasteiger partial charge is 0.237 e. The number of para-hydroxylation sites is 1. The van der Waals surface area contributed by atoms with Gasteiger partial charge >= 0.3 is 0 Å². The maximum Gasteiger partial charge on any atom is 0.237 e. The van der Waals surface area contributed by atoms with Gasteiger partial charge in [-0.3, -0.25) is 4.31 Å². The molecule has 1 aromatic rings. The number of anilines is 1. The van der Waals surface area contributed by atoms with Crippen LogP contribution in [0.3, 0.4) is 0 Å². The van der Waals surface area contributed by atoms with Crippen molar-refractivity contribution < 1.29 is 13.2 Å². The third-order valence-electron chi connectivity index (χ3n) is 3.36. The van der Waals surface area contributed by atoms with E-state index in [0.29, 0.717) is 12.2 Å². The van der Waals surface area contributed by atoms with Crippen molar-refractivity contribution in [3.63, 3.8) is 0 Å². The molecule has 0 saturated carbocycles. The summed E-state index contributed by atoms with van der Waals surface area (Å²) in [6.07, 6.45) is 1.56. The van der Waals surface area contributed by atoms with Gasteiger partial charge in [0.05, 0.1) is 18.0 Å². The van der Waals surface area contributed by atoms with Crippen LogP contribution in [-0.4, -0.2) is 34.4 Å². The van der Waals surface area contributed by atoms with Crippen LogP contribution < -0.4 is 10.0 Å². The van der Waals surface area contributed by atoms with E-state index in [1.807, 2.05) is 24.3 Å². The van der Waals surface area contributed by atoms with Gasteiger partial charge in [0, 0.05) is 19.7 Å². The van der Waals surface area contributed by atoms with Gasteiger partial charge in [-0.25, -0.2) is 8.42 Å². The first-order valence-corrected chi connectivity index (χ1v) is 8.01. The van der Waals surface area contributed by atoms with Crippen molar-refractivity contribution in [2.45, 2.75) is 18.9 Å². The zero-order chi connectivity index (χ0) is 13.9. The Balaban J connectivity index is 2.38. The maximum absolute atomic E-state index is 12.4. The standard InChI is InChI=1S/C13H20N2O3S/c1-18-9-10-19(16,17)15-8-4-6-12(14)11-5-2-3-7-13(11)15/h2-3,5,7,12H,4,6,8-10,14H2,1H3. The zero-order valence-corrected chi connectivity index (χ0v) is 11.9. The molecule has 1 aliphatic rings. The minimum absolute atomic E-state index is 0.00687. The Kier molecular flexibility index (Phi) is 4.44. The second-order valence-electron chi connectivity index (χ2n) is 4.69. The Morgan fingerprint density at radius 1 is 1.42 bits per heavy atom. The third-order valence-corrected chi connectivity index (χ3v) is 5.10. The summed E-state index contributed by atoms with van der Waals surface area (Å²) in [6.45, 7) is 0.684. The molecule has 19 heavy (non-hydrogen) atoms. The Morgan fingerprint density at radius 3 is 2.89 bits per heavy atom. The highest BCUT2D eigenvalue weighted by Gasteiger charge is 2.28. The summed E-state index contributed by atoms with van der Waals surface area (Å²) in [7, 11) is -1.85. The van der Waals surface area contributed by atoms with Gasteiger partial charge in [0.25, 0.3) is 0 Å². The Hall–Kier alpha value is -1.11. The van der Waals surface area contributed by atoms with E-state index in [2.05, 4.69) is 0 Å². The average molecular weight is 284 g/mol. The number of ether oxygens (including phenoxy) is 1. The molecule has 0 fully saturated rings. The number of methoxy groups -OCH3 is 1. The van der Waals surface area contributed by atoms with Crippen molar-refractivity contribution in [3.05, 3.63) is 29.8 Å². The highest BCUT2D eigenvalue weighted by Crippen LogP contribution is 2.32. The molecule has 0 bridgehead atoms. The molecular formula is C13H20N2O3S. The number of hydrogen-bond acceptors (Lipinski definition) is 4. The van der Waals surface area contributed by atoms with Gasteiger partial charge in [-0.05, 0) is 24.5 Å². The highest BCUT2D eigenvalue weighted by atomic mass is 32.2. The van der Waals surface area contributed by atoms with Gasteiger partial charge in [-0.15, -0.1) is 0 Å². The SMILES string of the molecule is COCCS(=O)(=O)N1CCCC(N)c2ccccc21. The van der Waals surface area contributed by atoms with Crippen molar-refractivity contribution in [1.29, 1.82) is 0 Å². The van der Waals surface area contributed by atoms with E-state index in [1.54, 1.807) is 0 Å². The van der Waals surface area contributed by atoms with E-state index in [-0.39, 0.29) is 18.4 Å². The van der Waals surface area contributed by atoms with Crippen LogP contribution in [0.2, 0.25) is 0 Å². The fourth-order valence-corrected chi connectivity index (χ4v) is 3.82. The van der Waals surface area contributed by atoms with Crippen molar-refractivity contribution in [1.82, 2.24) is 0 Å². The van der Waals surface area contributed by atoms with E-state index in [1.165, 1.54) is 11.4 Å². The van der Waals surface area contributed by atoms with E-state index < -0.39 is 10.0 Å². The van der Waals surface area contributed by atoms with E-state index in [9.17, 15) is 8.42 Å². The first-order chi connectivity index (χ1) is 9.06. The molecule has 1 heterocycles. The fourth-order valence-electron chi connectivity index (χ4n) is 2.35. The second kappa shape index (κ2) is 5.90. The number of sulfonamides is 1. The molecule has 1 atom stereocenters. The summed E-state index contributed by atoms with van der Waals surface area (Å²) >= 11 is 0. The van der Waals surface area contributed by atoms with Gasteiger partial charge in [0.2, 0.25) is 10.0 Å². The molecule has 0 aliphatic carbocycles. The van der Waals surface area contributed by atoms with Crippen molar-refractivity contribution in [2.75, 3.05) is 30.3 Å². The Morgan fingerprint density at radius 2 is 2.16 bits per heavy atom. The molecule has 5 nitrogen and oxygen atoms in total. The number of benzene rings is 1. The summed E-state index contributed by atoms with van der Waals surface area (Å²) in [5.74, 6) is -0.00687. The summed E-state index contributed by atoms with van der Waals surface area (Å²) in [5.41, 5.74) is 7.72. The molecule has 0 saturated heterocycles. The molecule has 1 aromatic carbocycles. The maximum atomic E-state index is 12.4. The Bertz CT molecular complexity index is 530. The Labute approximate surface area is 114 Å². The van der Waals surface area contributed by atoms with Crippen molar-refractivity contribution in [2.24, 2.45) is 5.73 Å². The summed E-state index contributed by atoms with van der Waals surface area (Å²) in [6, 6.07) is 7.37. The minimum atomic E-state index is -3.35. The zero-order valence-electron chi connectivity index (χ0n) is 11.1. The monoisotopic (exact) mass is 284 g/mol. The van der Waals surface area contributed by atoms with Crippen molar-refractivity contribution >= 4 is 15.7 Å². The first kappa shape index (κ1) is 14.3. The molecule has 1 unspecified atom stereocenters. The molecule has 0 aromatic heterocycles. The van der Waals surface area contributed by atoms with Crippen LogP contribution in [0.4, 0.5) is 5.69 Å². The molecule has 0 amide bonds. The number of fused-ring (bicyclic) bond motifs is 1. The van der Waals surface area contributed by atoms with Gasteiger partial charge in [0.15, 0.2) is 0 Å². The van der Waals surface area contributed by atoms with Crippen LogP contribution in [0.15, 0.2) is 24.3 Å². The van der Waals surface area contributed by atoms with Crippen LogP contribution in [0, 0.1) is 0 Å². The summed E-state index contributed by atoms with van der Waals surface area (Å²) < 4.78 is 31.1. The first-order valence-electron chi connectivity index (χ1n) is 6.40. The van der Waals surface area contributed by atoms with E-state index >= 15 is 0 Å². The summed E-state index contributed by atoms with van der Waals surface area (Å²) in [5, 5.41) is 0. The third kappa shape index (κ3) is 3.08. The number of nitrogens with zero attached hydrogens (tertiary/aromatic N) is 1. The van der Waals surface area contributed by atoms with Crippen LogP contribution >= 0.6 is 0 Å². The van der Waals surface area contributed by atoms with Crippen LogP contribution in [0.5, 0.6) is 0 Å². The lowest BCUT2D eigenvalue weighted by Gasteiger charge is -2.24. The predicted molar refractivity (Wildman–Crippen MR) is 75.6 cm³/mol. The van der Waals surface area contributed by atoms with Crippen LogP contribution in [-0.2, 0) is 14.8 Å².